The molecule has 1 aromatic heterocycles. The van der Waals surface area contributed by atoms with Gasteiger partial charge in [0.25, 0.3) is 5.56 Å². The lowest BCUT2D eigenvalue weighted by Crippen LogP contribution is -2.20. The second kappa shape index (κ2) is 4.78. The van der Waals surface area contributed by atoms with Gasteiger partial charge in [-0.2, -0.15) is 0 Å². The monoisotopic (exact) mass is 226 g/mol. The van der Waals surface area contributed by atoms with Crippen molar-refractivity contribution in [1.82, 2.24) is 4.57 Å². The number of Topliss-reactive ketones (excluding diaryl/α,β-unsaturated/α-hetero) is 1. The Balaban J connectivity index is 2.36. The van der Waals surface area contributed by atoms with Crippen LogP contribution >= 0.6 is 0 Å². The Morgan fingerprint density at radius 3 is 2.47 bits per heavy atom. The summed E-state index contributed by atoms with van der Waals surface area (Å²) in [4.78, 5) is 22.8. The van der Waals surface area contributed by atoms with Crippen molar-refractivity contribution in [3.05, 3.63) is 77.1 Å². The minimum Gasteiger partial charge on any atom is -0.310 e. The molecule has 0 atom stereocenters. The van der Waals surface area contributed by atoms with Gasteiger partial charge in [-0.1, -0.05) is 30.3 Å². The molecule has 0 saturated carbocycles. The van der Waals surface area contributed by atoms with Gasteiger partial charge in [-0.3, -0.25) is 9.59 Å². The maximum absolute atomic E-state index is 11.6. The molecule has 0 N–H and O–H groups in total. The van der Waals surface area contributed by atoms with Crippen molar-refractivity contribution < 1.29 is 4.79 Å². The predicted molar refractivity (Wildman–Crippen MR) is 65.9 cm³/mol. The summed E-state index contributed by atoms with van der Waals surface area (Å²) in [5.41, 5.74) is 1.34. The fourth-order valence-corrected chi connectivity index (χ4v) is 1.60. The summed E-state index contributed by atoms with van der Waals surface area (Å²) in [5.74, 6) is -0.285. The Labute approximate surface area is 99.3 Å². The normalized spacial score (nSPS) is 10.2. The van der Waals surface area contributed by atoms with Crippen LogP contribution in [0.4, 0.5) is 0 Å². The highest BCUT2D eigenvalue weighted by molar-refractivity contribution is 5.98. The highest BCUT2D eigenvalue weighted by Crippen LogP contribution is 2.02. The van der Waals surface area contributed by atoms with Gasteiger partial charge < -0.3 is 4.57 Å². The summed E-state index contributed by atoms with van der Waals surface area (Å²) in [6, 6.07) is 12.5. The van der Waals surface area contributed by atoms with Crippen LogP contribution < -0.4 is 5.56 Å². The number of rotatable bonds is 3. The van der Waals surface area contributed by atoms with Crippen LogP contribution in [0, 0.1) is 6.92 Å². The van der Waals surface area contributed by atoms with E-state index in [0.29, 0.717) is 12.1 Å². The van der Waals surface area contributed by atoms with Crippen molar-refractivity contribution in [1.29, 1.82) is 0 Å². The van der Waals surface area contributed by atoms with Crippen LogP contribution in [0.2, 0.25) is 0 Å². The molecule has 1 radical (unpaired) electrons. The number of pyridine rings is 1. The number of carbonyl (C=O) groups is 1. The molecule has 0 fully saturated rings. The Morgan fingerprint density at radius 2 is 1.82 bits per heavy atom. The second-order valence-corrected chi connectivity index (χ2v) is 3.79. The van der Waals surface area contributed by atoms with Gasteiger partial charge >= 0.3 is 0 Å². The molecule has 3 heteroatoms. The standard InChI is InChI=1S/C14H12NO2/c1-11(16)13-7-8-14(17)15(10-13)9-12-5-3-2-4-6-12/h2-8,10H,1,9H2. The molecular weight excluding hydrogens is 214 g/mol. The number of hydrogen-bond donors (Lipinski definition) is 0. The molecule has 0 aliphatic carbocycles. The van der Waals surface area contributed by atoms with Gasteiger partial charge in [-0.05, 0) is 11.6 Å². The first-order chi connectivity index (χ1) is 8.16. The minimum atomic E-state index is -0.285. The lowest BCUT2D eigenvalue weighted by atomic mass is 10.2. The van der Waals surface area contributed by atoms with Crippen molar-refractivity contribution in [3.63, 3.8) is 0 Å². The smallest absolute Gasteiger partial charge is 0.250 e. The zero-order valence-electron chi connectivity index (χ0n) is 9.30. The molecule has 2 rings (SSSR count). The van der Waals surface area contributed by atoms with Crippen molar-refractivity contribution in [2.24, 2.45) is 0 Å². The highest BCUT2D eigenvalue weighted by Gasteiger charge is 2.03. The van der Waals surface area contributed by atoms with E-state index in [2.05, 4.69) is 6.92 Å². The number of hydrogen-bond acceptors (Lipinski definition) is 2. The minimum absolute atomic E-state index is 0.126. The zero-order chi connectivity index (χ0) is 12.3. The summed E-state index contributed by atoms with van der Waals surface area (Å²) >= 11 is 0. The maximum Gasteiger partial charge on any atom is 0.250 e. The zero-order valence-corrected chi connectivity index (χ0v) is 9.30. The van der Waals surface area contributed by atoms with Crippen LogP contribution in [-0.4, -0.2) is 10.4 Å². The van der Waals surface area contributed by atoms with Gasteiger partial charge in [-0.15, -0.1) is 0 Å². The average molecular weight is 226 g/mol. The third-order valence-corrected chi connectivity index (χ3v) is 2.50. The summed E-state index contributed by atoms with van der Waals surface area (Å²) in [6.07, 6.45) is 1.55. The first kappa shape index (κ1) is 11.3. The number of aromatic nitrogens is 1. The summed E-state index contributed by atoms with van der Waals surface area (Å²) in [5, 5.41) is 0. The summed E-state index contributed by atoms with van der Waals surface area (Å²) in [7, 11) is 0. The molecule has 2 aromatic rings. The molecule has 0 unspecified atom stereocenters. The Bertz CT molecular complexity index is 585. The van der Waals surface area contributed by atoms with E-state index in [1.807, 2.05) is 30.3 Å². The molecule has 0 saturated heterocycles. The Kier molecular flexibility index (Phi) is 3.19. The molecule has 3 nitrogen and oxygen atoms in total. The van der Waals surface area contributed by atoms with Crippen molar-refractivity contribution in [2.45, 2.75) is 6.54 Å². The van der Waals surface area contributed by atoms with E-state index >= 15 is 0 Å². The van der Waals surface area contributed by atoms with E-state index < -0.39 is 0 Å². The molecule has 0 aliphatic heterocycles. The molecular formula is C14H12NO2. The lowest BCUT2D eigenvalue weighted by molar-refractivity contribution is 0.104. The first-order valence-electron chi connectivity index (χ1n) is 5.27. The second-order valence-electron chi connectivity index (χ2n) is 3.79. The van der Waals surface area contributed by atoms with Gasteiger partial charge in [0, 0.05) is 24.8 Å². The maximum atomic E-state index is 11.6. The molecule has 0 amide bonds. The van der Waals surface area contributed by atoms with Crippen LogP contribution in [0.3, 0.4) is 0 Å². The van der Waals surface area contributed by atoms with Crippen LogP contribution in [0.15, 0.2) is 53.5 Å². The average Bonchev–Trinajstić information content (AvgIpc) is 2.33. The van der Waals surface area contributed by atoms with Crippen LogP contribution in [0.1, 0.15) is 15.9 Å². The Morgan fingerprint density at radius 1 is 1.12 bits per heavy atom. The Hall–Kier alpha value is -2.16. The van der Waals surface area contributed by atoms with E-state index in [-0.39, 0.29) is 11.3 Å². The molecule has 85 valence electrons. The number of carbonyl (C=O) groups excluding carboxylic acids is 1. The molecule has 1 heterocycles. The molecule has 17 heavy (non-hydrogen) atoms. The summed E-state index contributed by atoms with van der Waals surface area (Å²) < 4.78 is 1.51. The van der Waals surface area contributed by atoms with Crippen LogP contribution in [0.25, 0.3) is 0 Å². The quantitative estimate of drug-likeness (QED) is 0.750. The van der Waals surface area contributed by atoms with Gasteiger partial charge in [0.05, 0.1) is 6.54 Å². The lowest BCUT2D eigenvalue weighted by Gasteiger charge is -2.06. The largest absolute Gasteiger partial charge is 0.310 e. The molecule has 0 spiro atoms. The molecule has 0 bridgehead atoms. The van der Waals surface area contributed by atoms with E-state index in [0.717, 1.165) is 5.56 Å². The van der Waals surface area contributed by atoms with Crippen molar-refractivity contribution in [3.8, 4) is 0 Å². The predicted octanol–water partition coefficient (Wildman–Crippen LogP) is 1.91. The third kappa shape index (κ3) is 2.69. The topological polar surface area (TPSA) is 39.1 Å². The van der Waals surface area contributed by atoms with Gasteiger partial charge in [0.15, 0.2) is 5.78 Å². The third-order valence-electron chi connectivity index (χ3n) is 2.50. The molecule has 1 aromatic carbocycles. The van der Waals surface area contributed by atoms with Crippen molar-refractivity contribution >= 4 is 5.78 Å². The van der Waals surface area contributed by atoms with E-state index in [9.17, 15) is 9.59 Å². The fraction of sp³-hybridized carbons (Fsp3) is 0.0714. The van der Waals surface area contributed by atoms with Crippen molar-refractivity contribution in [2.75, 3.05) is 0 Å². The SMILES string of the molecule is [CH2]C(=O)c1ccc(=O)n(Cc2ccccc2)c1. The van der Waals surface area contributed by atoms with Crippen LogP contribution in [0.5, 0.6) is 0 Å². The van der Waals surface area contributed by atoms with E-state index in [4.69, 9.17) is 0 Å². The van der Waals surface area contributed by atoms with E-state index in [1.54, 1.807) is 6.20 Å². The summed E-state index contributed by atoms with van der Waals surface area (Å²) in [6.45, 7) is 3.79. The first-order valence-corrected chi connectivity index (χ1v) is 5.27. The molecule has 0 aliphatic rings. The van der Waals surface area contributed by atoms with Gasteiger partial charge in [0.2, 0.25) is 0 Å². The van der Waals surface area contributed by atoms with Gasteiger partial charge in [-0.25, -0.2) is 0 Å². The number of ketones is 1. The fourth-order valence-electron chi connectivity index (χ4n) is 1.60. The number of benzene rings is 1. The van der Waals surface area contributed by atoms with E-state index in [1.165, 1.54) is 16.7 Å². The van der Waals surface area contributed by atoms with Gasteiger partial charge in [0.1, 0.15) is 0 Å². The number of nitrogens with zero attached hydrogens (tertiary/aromatic N) is 1. The van der Waals surface area contributed by atoms with Crippen LogP contribution in [-0.2, 0) is 6.54 Å². The highest BCUT2D eigenvalue weighted by atomic mass is 16.1.